The van der Waals surface area contributed by atoms with Crippen molar-refractivity contribution in [1.29, 1.82) is 0 Å². The molecule has 0 radical (unpaired) electrons. The van der Waals surface area contributed by atoms with Crippen molar-refractivity contribution in [3.63, 3.8) is 0 Å². The Morgan fingerprint density at radius 1 is 1.41 bits per heavy atom. The summed E-state index contributed by atoms with van der Waals surface area (Å²) in [5.41, 5.74) is 1.17. The summed E-state index contributed by atoms with van der Waals surface area (Å²) >= 11 is 0. The zero-order chi connectivity index (χ0) is 15.8. The molecule has 0 aliphatic carbocycles. The molecule has 1 aliphatic heterocycles. The standard InChI is InChI=1S/C17H26N2O3/c1-2-4-16-13-19(11-12-22-16)17(21)18-10-3-5-14-6-8-15(20)9-7-14/h6-9,16,20H,2-5,10-13H2,1H3,(H,18,21). The van der Waals surface area contributed by atoms with E-state index in [0.717, 1.165) is 25.7 Å². The van der Waals surface area contributed by atoms with Crippen molar-refractivity contribution >= 4 is 6.03 Å². The van der Waals surface area contributed by atoms with Crippen LogP contribution in [0, 0.1) is 0 Å². The van der Waals surface area contributed by atoms with Gasteiger partial charge in [-0.2, -0.15) is 0 Å². The second kappa shape index (κ2) is 8.63. The molecule has 0 saturated carbocycles. The molecule has 5 nitrogen and oxygen atoms in total. The summed E-state index contributed by atoms with van der Waals surface area (Å²) < 4.78 is 5.65. The maximum atomic E-state index is 12.1. The number of morpholine rings is 1. The van der Waals surface area contributed by atoms with Crippen LogP contribution in [0.4, 0.5) is 4.79 Å². The number of urea groups is 1. The summed E-state index contributed by atoms with van der Waals surface area (Å²) in [5.74, 6) is 0.283. The van der Waals surface area contributed by atoms with Gasteiger partial charge in [0.1, 0.15) is 5.75 Å². The van der Waals surface area contributed by atoms with Crippen LogP contribution in [0.5, 0.6) is 5.75 Å². The van der Waals surface area contributed by atoms with Gasteiger partial charge in [-0.25, -0.2) is 4.79 Å². The molecular formula is C17H26N2O3. The lowest BCUT2D eigenvalue weighted by Gasteiger charge is -2.32. The Balaban J connectivity index is 1.65. The number of benzene rings is 1. The molecule has 2 amide bonds. The first-order valence-corrected chi connectivity index (χ1v) is 8.11. The molecule has 2 rings (SSSR count). The number of aryl methyl sites for hydroxylation is 1. The zero-order valence-electron chi connectivity index (χ0n) is 13.3. The van der Waals surface area contributed by atoms with Crippen molar-refractivity contribution in [2.75, 3.05) is 26.2 Å². The molecule has 1 fully saturated rings. The molecular weight excluding hydrogens is 280 g/mol. The van der Waals surface area contributed by atoms with Crippen molar-refractivity contribution in [2.45, 2.75) is 38.7 Å². The molecule has 1 unspecified atom stereocenters. The minimum absolute atomic E-state index is 0.00936. The average molecular weight is 306 g/mol. The number of hydrogen-bond acceptors (Lipinski definition) is 3. The molecule has 5 heteroatoms. The van der Waals surface area contributed by atoms with E-state index >= 15 is 0 Å². The first-order valence-electron chi connectivity index (χ1n) is 8.11. The maximum absolute atomic E-state index is 12.1. The Labute approximate surface area is 132 Å². The smallest absolute Gasteiger partial charge is 0.317 e. The molecule has 1 saturated heterocycles. The normalized spacial score (nSPS) is 18.2. The Morgan fingerprint density at radius 3 is 2.91 bits per heavy atom. The van der Waals surface area contributed by atoms with Crippen molar-refractivity contribution in [2.24, 2.45) is 0 Å². The molecule has 1 aliphatic rings. The number of hydrogen-bond donors (Lipinski definition) is 2. The number of carbonyl (C=O) groups is 1. The number of phenolic OH excluding ortho intramolecular Hbond substituents is 1. The van der Waals surface area contributed by atoms with Crippen molar-refractivity contribution in [3.8, 4) is 5.75 Å². The molecule has 0 bridgehead atoms. The Hall–Kier alpha value is -1.75. The van der Waals surface area contributed by atoms with Gasteiger partial charge in [0.2, 0.25) is 0 Å². The summed E-state index contributed by atoms with van der Waals surface area (Å²) in [6.07, 6.45) is 4.04. The van der Waals surface area contributed by atoms with Gasteiger partial charge in [-0.05, 0) is 37.0 Å². The third-order valence-electron chi connectivity index (χ3n) is 3.89. The fraction of sp³-hybridized carbons (Fsp3) is 0.588. The largest absolute Gasteiger partial charge is 0.508 e. The van der Waals surface area contributed by atoms with Crippen molar-refractivity contribution in [1.82, 2.24) is 10.2 Å². The number of phenols is 1. The SMILES string of the molecule is CCCC1CN(C(=O)NCCCc2ccc(O)cc2)CCO1. The Kier molecular flexibility index (Phi) is 6.52. The van der Waals surface area contributed by atoms with Crippen LogP contribution in [0.2, 0.25) is 0 Å². The second-order valence-electron chi connectivity index (χ2n) is 5.73. The van der Waals surface area contributed by atoms with Gasteiger partial charge in [0.15, 0.2) is 0 Å². The quantitative estimate of drug-likeness (QED) is 0.794. The highest BCUT2D eigenvalue weighted by molar-refractivity contribution is 5.74. The molecule has 22 heavy (non-hydrogen) atoms. The average Bonchev–Trinajstić information content (AvgIpc) is 2.53. The van der Waals surface area contributed by atoms with E-state index in [4.69, 9.17) is 4.74 Å². The Bertz CT molecular complexity index is 459. The Morgan fingerprint density at radius 2 is 2.18 bits per heavy atom. The van der Waals surface area contributed by atoms with Crippen LogP contribution < -0.4 is 5.32 Å². The summed E-state index contributed by atoms with van der Waals surface area (Å²) in [7, 11) is 0. The van der Waals surface area contributed by atoms with Crippen LogP contribution in [-0.4, -0.2) is 48.4 Å². The molecule has 122 valence electrons. The van der Waals surface area contributed by atoms with Gasteiger partial charge in [0.05, 0.1) is 12.7 Å². The number of nitrogens with zero attached hydrogens (tertiary/aromatic N) is 1. The summed E-state index contributed by atoms with van der Waals surface area (Å²) in [6, 6.07) is 7.21. The highest BCUT2D eigenvalue weighted by atomic mass is 16.5. The minimum atomic E-state index is 0.00936. The maximum Gasteiger partial charge on any atom is 0.317 e. The summed E-state index contributed by atoms with van der Waals surface area (Å²) in [6.45, 7) is 4.79. The predicted molar refractivity (Wildman–Crippen MR) is 86.0 cm³/mol. The van der Waals surface area contributed by atoms with E-state index < -0.39 is 0 Å². The van der Waals surface area contributed by atoms with Crippen molar-refractivity contribution < 1.29 is 14.6 Å². The monoisotopic (exact) mass is 306 g/mol. The van der Waals surface area contributed by atoms with Crippen LogP contribution in [0.25, 0.3) is 0 Å². The molecule has 2 N–H and O–H groups in total. The first kappa shape index (κ1) is 16.6. The number of ether oxygens (including phenoxy) is 1. The second-order valence-corrected chi connectivity index (χ2v) is 5.73. The molecule has 1 aromatic rings. The fourth-order valence-electron chi connectivity index (χ4n) is 2.66. The van der Waals surface area contributed by atoms with Gasteiger partial charge in [0, 0.05) is 19.6 Å². The topological polar surface area (TPSA) is 61.8 Å². The first-order chi connectivity index (χ1) is 10.7. The molecule has 1 atom stereocenters. The lowest BCUT2D eigenvalue weighted by Crippen LogP contribution is -2.49. The van der Waals surface area contributed by atoms with Gasteiger partial charge in [-0.15, -0.1) is 0 Å². The number of amides is 2. The third-order valence-corrected chi connectivity index (χ3v) is 3.89. The van der Waals surface area contributed by atoms with Gasteiger partial charge >= 0.3 is 6.03 Å². The van der Waals surface area contributed by atoms with Gasteiger partial charge in [-0.1, -0.05) is 25.5 Å². The fourth-order valence-corrected chi connectivity index (χ4v) is 2.66. The van der Waals surface area contributed by atoms with Crippen LogP contribution >= 0.6 is 0 Å². The lowest BCUT2D eigenvalue weighted by molar-refractivity contribution is -0.0180. The molecule has 1 aromatic carbocycles. The van der Waals surface area contributed by atoms with Crippen LogP contribution in [0.15, 0.2) is 24.3 Å². The minimum Gasteiger partial charge on any atom is -0.508 e. The van der Waals surface area contributed by atoms with Crippen LogP contribution in [-0.2, 0) is 11.2 Å². The van der Waals surface area contributed by atoms with E-state index in [-0.39, 0.29) is 17.9 Å². The van der Waals surface area contributed by atoms with E-state index in [0.29, 0.717) is 26.2 Å². The van der Waals surface area contributed by atoms with Gasteiger partial charge in [0.25, 0.3) is 0 Å². The zero-order valence-corrected chi connectivity index (χ0v) is 13.3. The van der Waals surface area contributed by atoms with Crippen LogP contribution in [0.3, 0.4) is 0 Å². The number of rotatable bonds is 6. The highest BCUT2D eigenvalue weighted by Crippen LogP contribution is 2.12. The van der Waals surface area contributed by atoms with E-state index in [1.165, 1.54) is 5.56 Å². The molecule has 1 heterocycles. The van der Waals surface area contributed by atoms with E-state index in [1.54, 1.807) is 12.1 Å². The van der Waals surface area contributed by atoms with Gasteiger partial charge in [-0.3, -0.25) is 0 Å². The molecule has 0 aromatic heterocycles. The van der Waals surface area contributed by atoms with Crippen LogP contribution in [0.1, 0.15) is 31.7 Å². The highest BCUT2D eigenvalue weighted by Gasteiger charge is 2.23. The van der Waals surface area contributed by atoms with E-state index in [2.05, 4.69) is 12.2 Å². The summed E-state index contributed by atoms with van der Waals surface area (Å²) in [5, 5.41) is 12.2. The van der Waals surface area contributed by atoms with Gasteiger partial charge < -0.3 is 20.1 Å². The number of carbonyl (C=O) groups excluding carboxylic acids is 1. The molecule has 0 spiro atoms. The lowest BCUT2D eigenvalue weighted by atomic mass is 10.1. The summed E-state index contributed by atoms with van der Waals surface area (Å²) in [4.78, 5) is 14.0. The van der Waals surface area contributed by atoms with E-state index in [9.17, 15) is 9.90 Å². The third kappa shape index (κ3) is 5.22. The number of nitrogens with one attached hydrogen (secondary N) is 1. The number of aromatic hydroxyl groups is 1. The van der Waals surface area contributed by atoms with Crippen molar-refractivity contribution in [3.05, 3.63) is 29.8 Å². The van der Waals surface area contributed by atoms with E-state index in [1.807, 2.05) is 17.0 Å². The predicted octanol–water partition coefficient (Wildman–Crippen LogP) is 2.54.